The summed E-state index contributed by atoms with van der Waals surface area (Å²) in [5.74, 6) is 0.135. The Morgan fingerprint density at radius 2 is 2.04 bits per heavy atom. The first-order valence-electron chi connectivity index (χ1n) is 8.75. The van der Waals surface area contributed by atoms with Crippen LogP contribution in [0.4, 0.5) is 4.39 Å². The van der Waals surface area contributed by atoms with E-state index in [1.165, 1.54) is 5.56 Å². The highest BCUT2D eigenvalue weighted by molar-refractivity contribution is 6.31. The molecule has 0 spiro atoms. The van der Waals surface area contributed by atoms with Gasteiger partial charge in [0, 0.05) is 24.0 Å². The van der Waals surface area contributed by atoms with Crippen LogP contribution in [0, 0.1) is 11.7 Å². The first-order valence-corrected chi connectivity index (χ1v) is 9.12. The molecule has 1 saturated heterocycles. The summed E-state index contributed by atoms with van der Waals surface area (Å²) in [6.07, 6.45) is 2.51. The van der Waals surface area contributed by atoms with Crippen molar-refractivity contribution in [1.82, 2.24) is 4.90 Å². The van der Waals surface area contributed by atoms with Gasteiger partial charge < -0.3 is 4.42 Å². The molecule has 1 aliphatic heterocycles. The second-order valence-corrected chi connectivity index (χ2v) is 7.43. The van der Waals surface area contributed by atoms with Crippen molar-refractivity contribution >= 4 is 22.6 Å². The highest BCUT2D eigenvalue weighted by Gasteiger charge is 2.32. The third-order valence-electron chi connectivity index (χ3n) is 5.28. The van der Waals surface area contributed by atoms with E-state index in [4.69, 9.17) is 16.0 Å². The Hall–Kier alpha value is -1.84. The molecule has 1 aromatic heterocycles. The number of piperidine rings is 1. The Labute approximate surface area is 152 Å². The summed E-state index contributed by atoms with van der Waals surface area (Å²) in [6, 6.07) is 14.0. The number of hydrogen-bond donors (Lipinski definition) is 0. The van der Waals surface area contributed by atoms with E-state index in [-0.39, 0.29) is 16.8 Å². The van der Waals surface area contributed by atoms with Crippen LogP contribution in [0.2, 0.25) is 5.02 Å². The molecule has 1 fully saturated rings. The quantitative estimate of drug-likeness (QED) is 0.584. The Morgan fingerprint density at radius 3 is 2.80 bits per heavy atom. The van der Waals surface area contributed by atoms with Crippen molar-refractivity contribution in [3.05, 3.63) is 70.7 Å². The van der Waals surface area contributed by atoms with Gasteiger partial charge in [0.1, 0.15) is 11.4 Å². The summed E-state index contributed by atoms with van der Waals surface area (Å²) < 4.78 is 20.4. The van der Waals surface area contributed by atoms with Gasteiger partial charge in [0.25, 0.3) is 0 Å². The molecule has 2 nitrogen and oxygen atoms in total. The third kappa shape index (κ3) is 3.19. The van der Waals surface area contributed by atoms with Crippen molar-refractivity contribution in [2.75, 3.05) is 13.1 Å². The van der Waals surface area contributed by atoms with Crippen LogP contribution < -0.4 is 0 Å². The molecule has 0 bridgehead atoms. The molecule has 0 radical (unpaired) electrons. The van der Waals surface area contributed by atoms with E-state index in [0.717, 1.165) is 31.4 Å². The monoisotopic (exact) mass is 357 g/mol. The zero-order valence-corrected chi connectivity index (χ0v) is 15.0. The lowest BCUT2D eigenvalue weighted by atomic mass is 9.80. The number of rotatable bonds is 3. The normalized spacial score (nSPS) is 21.7. The minimum atomic E-state index is -0.322. The average Bonchev–Trinajstić information content (AvgIpc) is 3.06. The number of nitrogens with zero attached hydrogens (tertiary/aromatic N) is 1. The van der Waals surface area contributed by atoms with Crippen LogP contribution in [0.15, 0.2) is 53.1 Å². The van der Waals surface area contributed by atoms with Gasteiger partial charge in [-0.3, -0.25) is 4.90 Å². The fourth-order valence-corrected chi connectivity index (χ4v) is 4.28. The summed E-state index contributed by atoms with van der Waals surface area (Å²) >= 11 is 6.13. The lowest BCUT2D eigenvalue weighted by Crippen LogP contribution is -2.38. The molecule has 1 aliphatic rings. The van der Waals surface area contributed by atoms with Gasteiger partial charge in [-0.1, -0.05) is 48.9 Å². The average molecular weight is 358 g/mol. The molecule has 0 saturated carbocycles. The number of furan rings is 1. The van der Waals surface area contributed by atoms with Crippen molar-refractivity contribution in [3.63, 3.8) is 0 Å². The lowest BCUT2D eigenvalue weighted by molar-refractivity contribution is 0.154. The molecule has 0 N–H and O–H groups in total. The Balaban J connectivity index is 1.58. The van der Waals surface area contributed by atoms with E-state index in [1.54, 1.807) is 12.3 Å². The smallest absolute Gasteiger partial charge is 0.149 e. The van der Waals surface area contributed by atoms with Crippen LogP contribution in [0.3, 0.4) is 0 Å². The topological polar surface area (TPSA) is 16.4 Å². The second kappa shape index (κ2) is 6.81. The maximum absolute atomic E-state index is 14.8. The molecular formula is C21H21ClFNO. The highest BCUT2D eigenvalue weighted by Crippen LogP contribution is 2.41. The standard InChI is InChI=1S/C21H21ClFNO/c1-14-12-24(13-15-5-3-2-4-6-15)9-7-17(14)19-20(23)18(22)11-16-8-10-25-21(16)19/h2-6,8,10-11,14,17H,7,9,12-13H2,1H3/t14-,17+/m1/s1. The van der Waals surface area contributed by atoms with E-state index >= 15 is 0 Å². The van der Waals surface area contributed by atoms with Gasteiger partial charge in [-0.05, 0) is 42.5 Å². The van der Waals surface area contributed by atoms with Crippen molar-refractivity contribution < 1.29 is 8.81 Å². The van der Waals surface area contributed by atoms with Crippen molar-refractivity contribution in [1.29, 1.82) is 0 Å². The zero-order valence-electron chi connectivity index (χ0n) is 14.2. The van der Waals surface area contributed by atoms with Gasteiger partial charge in [-0.15, -0.1) is 0 Å². The van der Waals surface area contributed by atoms with E-state index in [1.807, 2.05) is 12.1 Å². The van der Waals surface area contributed by atoms with Crippen molar-refractivity contribution in [2.45, 2.75) is 25.8 Å². The van der Waals surface area contributed by atoms with Crippen LogP contribution in [0.5, 0.6) is 0 Å². The van der Waals surface area contributed by atoms with E-state index < -0.39 is 0 Å². The molecule has 2 heterocycles. The summed E-state index contributed by atoms with van der Waals surface area (Å²) in [7, 11) is 0. The van der Waals surface area contributed by atoms with Crippen LogP contribution >= 0.6 is 11.6 Å². The number of fused-ring (bicyclic) bond motifs is 1. The molecule has 2 atom stereocenters. The van der Waals surface area contributed by atoms with Gasteiger partial charge in [0.05, 0.1) is 11.3 Å². The molecule has 0 aliphatic carbocycles. The van der Waals surface area contributed by atoms with Crippen LogP contribution in [0.1, 0.15) is 30.4 Å². The minimum absolute atomic E-state index is 0.124. The van der Waals surface area contributed by atoms with E-state index in [2.05, 4.69) is 36.1 Å². The number of benzene rings is 2. The largest absolute Gasteiger partial charge is 0.464 e. The molecule has 2 aromatic carbocycles. The van der Waals surface area contributed by atoms with Gasteiger partial charge in [-0.25, -0.2) is 4.39 Å². The predicted octanol–water partition coefficient (Wildman–Crippen LogP) is 5.85. The van der Waals surface area contributed by atoms with Crippen LogP contribution in [-0.4, -0.2) is 18.0 Å². The molecule has 0 amide bonds. The van der Waals surface area contributed by atoms with Gasteiger partial charge in [-0.2, -0.15) is 0 Å². The molecule has 3 aromatic rings. The summed E-state index contributed by atoms with van der Waals surface area (Å²) in [5, 5.41) is 1.06. The second-order valence-electron chi connectivity index (χ2n) is 7.02. The maximum Gasteiger partial charge on any atom is 0.149 e. The van der Waals surface area contributed by atoms with Crippen LogP contribution in [0.25, 0.3) is 11.0 Å². The summed E-state index contributed by atoms with van der Waals surface area (Å²) in [4.78, 5) is 2.44. The van der Waals surface area contributed by atoms with Gasteiger partial charge in [0.2, 0.25) is 0 Å². The third-order valence-corrected chi connectivity index (χ3v) is 5.55. The van der Waals surface area contributed by atoms with Gasteiger partial charge >= 0.3 is 0 Å². The first-order chi connectivity index (χ1) is 12.1. The number of hydrogen-bond acceptors (Lipinski definition) is 2. The SMILES string of the molecule is C[C@@H]1CN(Cc2ccccc2)CC[C@@H]1c1c(F)c(Cl)cc2ccoc12. The molecule has 130 valence electrons. The Morgan fingerprint density at radius 1 is 1.24 bits per heavy atom. The van der Waals surface area contributed by atoms with E-state index in [0.29, 0.717) is 17.1 Å². The number of halogens is 2. The van der Waals surface area contributed by atoms with Crippen molar-refractivity contribution in [3.8, 4) is 0 Å². The predicted molar refractivity (Wildman–Crippen MR) is 99.4 cm³/mol. The Bertz CT molecular complexity index is 876. The molecule has 25 heavy (non-hydrogen) atoms. The summed E-state index contributed by atoms with van der Waals surface area (Å²) in [6.45, 7) is 5.01. The first kappa shape index (κ1) is 16.6. The Kier molecular flexibility index (Phi) is 4.53. The fraction of sp³-hybridized carbons (Fsp3) is 0.333. The lowest BCUT2D eigenvalue weighted by Gasteiger charge is -2.37. The van der Waals surface area contributed by atoms with Crippen molar-refractivity contribution in [2.24, 2.45) is 5.92 Å². The van der Waals surface area contributed by atoms with E-state index in [9.17, 15) is 4.39 Å². The molecule has 4 rings (SSSR count). The van der Waals surface area contributed by atoms with Gasteiger partial charge in [0.15, 0.2) is 0 Å². The molecule has 0 unspecified atom stereocenters. The molecular weight excluding hydrogens is 337 g/mol. The summed E-state index contributed by atoms with van der Waals surface area (Å²) in [5.41, 5.74) is 2.62. The highest BCUT2D eigenvalue weighted by atomic mass is 35.5. The zero-order chi connectivity index (χ0) is 17.4. The molecule has 4 heteroatoms. The fourth-order valence-electron chi connectivity index (χ4n) is 4.06. The maximum atomic E-state index is 14.8. The minimum Gasteiger partial charge on any atom is -0.464 e. The van der Waals surface area contributed by atoms with Crippen LogP contribution in [-0.2, 0) is 6.54 Å². The number of likely N-dealkylation sites (tertiary alicyclic amines) is 1.